The number of carbonyl (C=O) groups is 4. The van der Waals surface area contributed by atoms with Crippen molar-refractivity contribution in [3.63, 3.8) is 0 Å². The van der Waals surface area contributed by atoms with Crippen molar-refractivity contribution in [3.05, 3.63) is 29.3 Å². The first-order valence-electron chi connectivity index (χ1n) is 12.0. The van der Waals surface area contributed by atoms with E-state index in [1.165, 1.54) is 0 Å². The number of hydroxylamine groups is 2. The molecule has 9 nitrogen and oxygen atoms in total. The van der Waals surface area contributed by atoms with E-state index in [0.29, 0.717) is 31.4 Å². The average molecular weight is 501 g/mol. The Morgan fingerprint density at radius 2 is 1.67 bits per heavy atom. The van der Waals surface area contributed by atoms with Gasteiger partial charge >= 0.3 is 17.9 Å². The van der Waals surface area contributed by atoms with E-state index in [4.69, 9.17) is 14.8 Å². The molecule has 1 heterocycles. The third kappa shape index (κ3) is 9.00. The van der Waals surface area contributed by atoms with Crippen molar-refractivity contribution in [2.45, 2.75) is 73.6 Å². The van der Waals surface area contributed by atoms with Crippen LogP contribution in [0, 0.1) is 28.6 Å². The van der Waals surface area contributed by atoms with E-state index < -0.39 is 34.7 Å². The van der Waals surface area contributed by atoms with Crippen molar-refractivity contribution >= 4 is 29.5 Å². The van der Waals surface area contributed by atoms with E-state index in [9.17, 15) is 19.2 Å². The number of amides is 1. The summed E-state index contributed by atoms with van der Waals surface area (Å²) in [4.78, 5) is 58.2. The fourth-order valence-electron chi connectivity index (χ4n) is 3.10. The summed E-state index contributed by atoms with van der Waals surface area (Å²) in [5.74, 6) is 3.28. The second-order valence-corrected chi connectivity index (χ2v) is 10.9. The lowest BCUT2D eigenvalue weighted by atomic mass is 9.90. The predicted molar refractivity (Wildman–Crippen MR) is 133 cm³/mol. The highest BCUT2D eigenvalue weighted by Gasteiger charge is 2.31. The Labute approximate surface area is 212 Å². The minimum absolute atomic E-state index is 0.199. The van der Waals surface area contributed by atoms with E-state index in [1.54, 1.807) is 47.6 Å². The van der Waals surface area contributed by atoms with E-state index in [1.807, 2.05) is 12.1 Å². The van der Waals surface area contributed by atoms with Crippen LogP contribution in [0.25, 0.3) is 0 Å². The number of unbranched alkanes of at least 4 members (excludes halogenated alkanes) is 2. The monoisotopic (exact) mass is 500 g/mol. The number of hydrogen-bond donors (Lipinski definition) is 2. The number of carboxylic acid groups (broad SMARTS) is 1. The first-order chi connectivity index (χ1) is 16.7. The van der Waals surface area contributed by atoms with Crippen LogP contribution >= 0.6 is 0 Å². The van der Waals surface area contributed by atoms with Crippen LogP contribution in [0.3, 0.4) is 0 Å². The van der Waals surface area contributed by atoms with E-state index in [0.717, 1.165) is 16.4 Å². The van der Waals surface area contributed by atoms with Crippen LogP contribution in [0.15, 0.2) is 18.2 Å². The zero-order valence-corrected chi connectivity index (χ0v) is 21.9. The molecule has 0 aromatic heterocycles. The van der Waals surface area contributed by atoms with Crippen LogP contribution in [-0.2, 0) is 35.3 Å². The molecule has 0 fully saturated rings. The van der Waals surface area contributed by atoms with Crippen LogP contribution in [0.5, 0.6) is 0 Å². The minimum atomic E-state index is -0.996. The molecule has 1 aromatic carbocycles. The molecule has 0 aliphatic carbocycles. The molecule has 1 aromatic rings. The highest BCUT2D eigenvalue weighted by atomic mass is 17.0. The summed E-state index contributed by atoms with van der Waals surface area (Å²) in [7, 11) is 0. The van der Waals surface area contributed by atoms with E-state index >= 15 is 0 Å². The molecule has 9 heteroatoms. The summed E-state index contributed by atoms with van der Waals surface area (Å²) in [5.41, 5.74) is 0.796. The number of anilines is 1. The zero-order valence-electron chi connectivity index (χ0n) is 21.9. The molecular formula is C27H36N2O7. The number of nitrogens with one attached hydrogen (secondary N) is 1. The number of aliphatic carboxylic acids is 1. The summed E-state index contributed by atoms with van der Waals surface area (Å²) < 4.78 is 0. The lowest BCUT2D eigenvalue weighted by Gasteiger charge is -2.26. The van der Waals surface area contributed by atoms with Crippen molar-refractivity contribution in [2.24, 2.45) is 16.7 Å². The molecule has 1 aliphatic rings. The predicted octanol–water partition coefficient (Wildman–Crippen LogP) is 4.10. The maximum atomic E-state index is 12.3. The summed E-state index contributed by atoms with van der Waals surface area (Å²) >= 11 is 0. The smallest absolute Gasteiger partial charge is 0.334 e. The minimum Gasteiger partial charge on any atom is -0.481 e. The maximum absolute atomic E-state index is 12.3. The number of carboxylic acids is 1. The maximum Gasteiger partial charge on any atom is 0.334 e. The van der Waals surface area contributed by atoms with Gasteiger partial charge in [0.2, 0.25) is 5.91 Å². The number of fused-ring (bicyclic) bond motifs is 1. The summed E-state index contributed by atoms with van der Waals surface area (Å²) in [6.07, 6.45) is 2.02. The average Bonchev–Trinajstić information content (AvgIpc) is 2.74. The van der Waals surface area contributed by atoms with Crippen molar-refractivity contribution in [2.75, 3.05) is 11.9 Å². The molecule has 0 spiro atoms. The summed E-state index contributed by atoms with van der Waals surface area (Å²) in [6, 6.07) is 5.50. The lowest BCUT2D eigenvalue weighted by molar-refractivity contribution is -0.332. The number of nitrogens with zero attached hydrogens (tertiary/aromatic N) is 1. The van der Waals surface area contributed by atoms with Gasteiger partial charge in [-0.15, -0.1) is 0 Å². The largest absolute Gasteiger partial charge is 0.481 e. The quantitative estimate of drug-likeness (QED) is 0.311. The van der Waals surface area contributed by atoms with Gasteiger partial charge in [0.15, 0.2) is 0 Å². The zero-order chi connectivity index (χ0) is 27.1. The standard InChI is InChI=1S/C27H36N2O7/c1-26(2,3)24(33)35-29(36-25(34)27(4,5)6)14-10-8-7-9-11-18-12-13-19-16-20(17-22(30)31)23(32)28-21(19)15-18/h12-13,15,20H,7-8,10,14,16-17H2,1-6H3,(H,28,32)(H,30,31). The van der Waals surface area contributed by atoms with Gasteiger partial charge < -0.3 is 20.1 Å². The molecule has 36 heavy (non-hydrogen) atoms. The molecule has 0 saturated carbocycles. The highest BCUT2D eigenvalue weighted by Crippen LogP contribution is 2.28. The number of benzene rings is 1. The Morgan fingerprint density at radius 1 is 1.06 bits per heavy atom. The molecule has 1 aliphatic heterocycles. The molecule has 1 atom stereocenters. The molecule has 196 valence electrons. The number of rotatable bonds is 8. The Hall–Kier alpha value is -3.38. The first-order valence-corrected chi connectivity index (χ1v) is 12.0. The lowest BCUT2D eigenvalue weighted by Crippen LogP contribution is -2.38. The van der Waals surface area contributed by atoms with Gasteiger partial charge in [-0.2, -0.15) is 0 Å². The molecular weight excluding hydrogens is 464 g/mol. The molecule has 2 rings (SSSR count). The second-order valence-electron chi connectivity index (χ2n) is 10.9. The third-order valence-electron chi connectivity index (χ3n) is 5.35. The van der Waals surface area contributed by atoms with Crippen molar-refractivity contribution in [3.8, 4) is 11.8 Å². The molecule has 1 amide bonds. The first kappa shape index (κ1) is 28.9. The normalized spacial score (nSPS) is 15.3. The van der Waals surface area contributed by atoms with Crippen molar-refractivity contribution in [1.29, 1.82) is 0 Å². The SMILES string of the molecule is CC(C)(C)C(=O)ON(CCCCC#Cc1ccc2c(c1)NC(=O)C(CC(=O)O)C2)OC(=O)C(C)(C)C. The Balaban J connectivity index is 1.90. The van der Waals surface area contributed by atoms with Gasteiger partial charge in [0.05, 0.1) is 29.7 Å². The second kappa shape index (κ2) is 12.0. The van der Waals surface area contributed by atoms with Gasteiger partial charge in [0.25, 0.3) is 0 Å². The number of hydrogen-bond acceptors (Lipinski definition) is 7. The van der Waals surface area contributed by atoms with Gasteiger partial charge in [0, 0.05) is 22.9 Å². The molecule has 1 unspecified atom stereocenters. The topological polar surface area (TPSA) is 122 Å². The Morgan fingerprint density at radius 3 is 2.22 bits per heavy atom. The van der Waals surface area contributed by atoms with Crippen LogP contribution in [-0.4, -0.2) is 40.7 Å². The van der Waals surface area contributed by atoms with Crippen molar-refractivity contribution < 1.29 is 34.0 Å². The van der Waals surface area contributed by atoms with Crippen LogP contribution in [0.1, 0.15) is 78.4 Å². The van der Waals surface area contributed by atoms with E-state index in [-0.39, 0.29) is 18.9 Å². The van der Waals surface area contributed by atoms with Gasteiger partial charge in [-0.1, -0.05) is 17.9 Å². The number of carbonyl (C=O) groups excluding carboxylic acids is 3. The van der Waals surface area contributed by atoms with Crippen LogP contribution in [0.4, 0.5) is 5.69 Å². The van der Waals surface area contributed by atoms with Crippen LogP contribution < -0.4 is 5.32 Å². The fraction of sp³-hybridized carbons (Fsp3) is 0.556. The van der Waals surface area contributed by atoms with Gasteiger partial charge in [-0.05, 0) is 78.5 Å². The van der Waals surface area contributed by atoms with Gasteiger partial charge in [-0.3, -0.25) is 9.59 Å². The molecule has 0 saturated heterocycles. The molecule has 2 N–H and O–H groups in total. The summed E-state index contributed by atoms with van der Waals surface area (Å²) in [6.45, 7) is 10.5. The Kier molecular flexibility index (Phi) is 9.65. The Bertz CT molecular complexity index is 1030. The highest BCUT2D eigenvalue weighted by molar-refractivity contribution is 5.97. The van der Waals surface area contributed by atoms with Crippen molar-refractivity contribution in [1.82, 2.24) is 5.23 Å². The van der Waals surface area contributed by atoms with E-state index in [2.05, 4.69) is 17.2 Å². The van der Waals surface area contributed by atoms with Gasteiger partial charge in [0.1, 0.15) is 0 Å². The van der Waals surface area contributed by atoms with Crippen LogP contribution in [0.2, 0.25) is 0 Å². The fourth-order valence-corrected chi connectivity index (χ4v) is 3.10. The van der Waals surface area contributed by atoms with Gasteiger partial charge in [-0.25, -0.2) is 9.59 Å². The third-order valence-corrected chi connectivity index (χ3v) is 5.35. The summed E-state index contributed by atoms with van der Waals surface area (Å²) in [5, 5.41) is 12.7. The molecule has 0 bridgehead atoms. The molecule has 0 radical (unpaired) electrons.